The number of amides is 1. The lowest BCUT2D eigenvalue weighted by atomic mass is 9.99. The smallest absolute Gasteiger partial charge is 0.351 e. The molecule has 0 saturated carbocycles. The van der Waals surface area contributed by atoms with E-state index >= 15 is 0 Å². The summed E-state index contributed by atoms with van der Waals surface area (Å²) in [6, 6.07) is 4.65. The van der Waals surface area contributed by atoms with Gasteiger partial charge in [0.2, 0.25) is 5.76 Å². The number of nitrogens with zero attached hydrogens (tertiary/aromatic N) is 4. The van der Waals surface area contributed by atoms with Crippen molar-refractivity contribution in [3.8, 4) is 11.4 Å². The zero-order valence-corrected chi connectivity index (χ0v) is 17.5. The third kappa shape index (κ3) is 3.40. The topological polar surface area (TPSA) is 64.2 Å². The Balaban J connectivity index is 1.53. The zero-order chi connectivity index (χ0) is 21.9. The molecule has 31 heavy (non-hydrogen) atoms. The van der Waals surface area contributed by atoms with E-state index in [1.165, 1.54) is 6.07 Å². The van der Waals surface area contributed by atoms with Crippen LogP contribution in [0.4, 0.5) is 13.2 Å². The number of carbonyl (C=O) groups excluding carboxylic acids is 1. The van der Waals surface area contributed by atoms with Crippen LogP contribution in [0, 0.1) is 0 Å². The molecule has 5 rings (SSSR count). The van der Waals surface area contributed by atoms with Crippen molar-refractivity contribution in [2.45, 2.75) is 38.5 Å². The minimum absolute atomic E-state index is 0.0434. The molecule has 0 radical (unpaired) electrons. The van der Waals surface area contributed by atoms with Crippen LogP contribution in [0.1, 0.15) is 39.4 Å². The summed E-state index contributed by atoms with van der Waals surface area (Å²) in [5, 5.41) is 8.98. The molecule has 2 aliphatic heterocycles. The first-order chi connectivity index (χ1) is 14.7. The highest BCUT2D eigenvalue weighted by atomic mass is 35.5. The van der Waals surface area contributed by atoms with Crippen LogP contribution in [0.25, 0.3) is 11.4 Å². The number of hydrogen-bond donors (Lipinski definition) is 0. The van der Waals surface area contributed by atoms with E-state index in [0.29, 0.717) is 47.8 Å². The summed E-state index contributed by atoms with van der Waals surface area (Å²) in [6.45, 7) is 1.11. The van der Waals surface area contributed by atoms with Crippen molar-refractivity contribution in [2.24, 2.45) is 0 Å². The molecule has 0 saturated heterocycles. The predicted molar refractivity (Wildman–Crippen MR) is 106 cm³/mol. The molecule has 1 aromatic carbocycles. The van der Waals surface area contributed by atoms with Crippen molar-refractivity contribution >= 4 is 29.1 Å². The van der Waals surface area contributed by atoms with Gasteiger partial charge in [0.1, 0.15) is 5.69 Å². The fraction of sp³-hybridized carbons (Fsp3) is 0.350. The quantitative estimate of drug-likeness (QED) is 0.501. The van der Waals surface area contributed by atoms with E-state index in [9.17, 15) is 18.0 Å². The molecular formula is C20H15Cl2F3N4O2. The van der Waals surface area contributed by atoms with Gasteiger partial charge < -0.3 is 9.42 Å². The fourth-order valence-electron chi connectivity index (χ4n) is 4.19. The second-order valence-electron chi connectivity index (χ2n) is 7.54. The van der Waals surface area contributed by atoms with Gasteiger partial charge in [-0.15, -0.1) is 0 Å². The fourth-order valence-corrected chi connectivity index (χ4v) is 4.49. The number of carbonyl (C=O) groups is 1. The second-order valence-corrected chi connectivity index (χ2v) is 8.36. The lowest BCUT2D eigenvalue weighted by molar-refractivity contribution is -0.156. The molecule has 1 amide bonds. The maximum atomic E-state index is 13.4. The summed E-state index contributed by atoms with van der Waals surface area (Å²) in [5.74, 6) is -1.31. The number of halogens is 5. The van der Waals surface area contributed by atoms with Crippen molar-refractivity contribution < 1.29 is 22.5 Å². The minimum Gasteiger partial charge on any atom is -0.351 e. The first-order valence-electron chi connectivity index (χ1n) is 9.63. The first kappa shape index (κ1) is 20.4. The lowest BCUT2D eigenvalue weighted by Crippen LogP contribution is -2.36. The van der Waals surface area contributed by atoms with Gasteiger partial charge in [-0.05, 0) is 31.0 Å². The van der Waals surface area contributed by atoms with Crippen molar-refractivity contribution in [1.82, 2.24) is 19.8 Å². The largest absolute Gasteiger partial charge is 0.452 e. The molecule has 162 valence electrons. The van der Waals surface area contributed by atoms with E-state index < -0.39 is 11.9 Å². The molecule has 0 N–H and O–H groups in total. The molecule has 4 heterocycles. The van der Waals surface area contributed by atoms with Crippen LogP contribution in [0.2, 0.25) is 10.0 Å². The molecular weight excluding hydrogens is 456 g/mol. The Kier molecular flexibility index (Phi) is 4.78. The van der Waals surface area contributed by atoms with Gasteiger partial charge in [-0.2, -0.15) is 18.3 Å². The molecule has 0 aliphatic carbocycles. The number of aryl methyl sites for hydroxylation is 1. The van der Waals surface area contributed by atoms with Crippen LogP contribution in [-0.4, -0.2) is 32.3 Å². The molecule has 2 aliphatic rings. The Morgan fingerprint density at radius 3 is 2.65 bits per heavy atom. The standard InChI is InChI=1S/C20H15Cl2F3N4O2/c21-13-4-3-10(8-14(13)22)19(30)28-7-5-15-12(9-28)17-16-11(2-1-6-29(17)26-15)18(31-27-16)20(23,24)25/h3-4,8H,1-2,5-7,9H2. The van der Waals surface area contributed by atoms with Crippen LogP contribution in [-0.2, 0) is 32.1 Å². The lowest BCUT2D eigenvalue weighted by Gasteiger charge is -2.27. The highest BCUT2D eigenvalue weighted by Gasteiger charge is 2.42. The normalized spacial score (nSPS) is 15.8. The summed E-state index contributed by atoms with van der Waals surface area (Å²) in [6.07, 6.45) is -3.46. The van der Waals surface area contributed by atoms with Crippen molar-refractivity contribution in [3.63, 3.8) is 0 Å². The van der Waals surface area contributed by atoms with E-state index in [1.807, 2.05) is 0 Å². The van der Waals surface area contributed by atoms with Crippen molar-refractivity contribution in [2.75, 3.05) is 6.54 Å². The van der Waals surface area contributed by atoms with E-state index in [0.717, 1.165) is 5.69 Å². The molecule has 0 atom stereocenters. The van der Waals surface area contributed by atoms with E-state index in [1.54, 1.807) is 21.7 Å². The third-order valence-electron chi connectivity index (χ3n) is 5.62. The summed E-state index contributed by atoms with van der Waals surface area (Å²) in [5.41, 5.74) is 2.54. The highest BCUT2D eigenvalue weighted by Crippen LogP contribution is 2.41. The van der Waals surface area contributed by atoms with Gasteiger partial charge in [-0.3, -0.25) is 9.48 Å². The number of hydrogen-bond acceptors (Lipinski definition) is 4. The second kappa shape index (κ2) is 7.27. The van der Waals surface area contributed by atoms with Gasteiger partial charge in [0.15, 0.2) is 0 Å². The van der Waals surface area contributed by atoms with Crippen LogP contribution < -0.4 is 0 Å². The van der Waals surface area contributed by atoms with Gasteiger partial charge in [0, 0.05) is 36.2 Å². The predicted octanol–water partition coefficient (Wildman–Crippen LogP) is 5.01. The number of alkyl halides is 3. The van der Waals surface area contributed by atoms with Crippen LogP contribution in [0.3, 0.4) is 0 Å². The van der Waals surface area contributed by atoms with Gasteiger partial charge in [-0.25, -0.2) is 0 Å². The molecule has 0 fully saturated rings. The summed E-state index contributed by atoms with van der Waals surface area (Å²) in [4.78, 5) is 14.7. The van der Waals surface area contributed by atoms with Gasteiger partial charge in [0.25, 0.3) is 5.91 Å². The SMILES string of the molecule is O=C(c1ccc(Cl)c(Cl)c1)N1CCc2nn3c(c2C1)-c1noc(C(F)(F)F)c1CCC3. The Morgan fingerprint density at radius 1 is 1.10 bits per heavy atom. The number of benzene rings is 1. The number of aromatic nitrogens is 3. The van der Waals surface area contributed by atoms with Crippen LogP contribution in [0.5, 0.6) is 0 Å². The summed E-state index contributed by atoms with van der Waals surface area (Å²) < 4.78 is 46.5. The van der Waals surface area contributed by atoms with Crippen molar-refractivity contribution in [3.05, 3.63) is 56.4 Å². The molecule has 6 nitrogen and oxygen atoms in total. The molecule has 11 heteroatoms. The molecule has 0 spiro atoms. The maximum absolute atomic E-state index is 13.4. The first-order valence-corrected chi connectivity index (χ1v) is 10.4. The Bertz CT molecular complexity index is 1200. The van der Waals surface area contributed by atoms with Gasteiger partial charge in [-0.1, -0.05) is 28.4 Å². The monoisotopic (exact) mass is 470 g/mol. The molecule has 3 aromatic rings. The Hall–Kier alpha value is -2.52. The van der Waals surface area contributed by atoms with Crippen molar-refractivity contribution in [1.29, 1.82) is 0 Å². The van der Waals surface area contributed by atoms with Crippen LogP contribution >= 0.6 is 23.2 Å². The highest BCUT2D eigenvalue weighted by molar-refractivity contribution is 6.42. The molecule has 2 aromatic heterocycles. The zero-order valence-electron chi connectivity index (χ0n) is 16.0. The van der Waals surface area contributed by atoms with E-state index in [4.69, 9.17) is 27.7 Å². The molecule has 0 bridgehead atoms. The minimum atomic E-state index is -4.62. The summed E-state index contributed by atoms with van der Waals surface area (Å²) >= 11 is 12.0. The Labute approximate surface area is 184 Å². The number of rotatable bonds is 1. The average Bonchev–Trinajstić information content (AvgIpc) is 3.25. The average molecular weight is 471 g/mol. The molecule has 0 unspecified atom stereocenters. The maximum Gasteiger partial charge on any atom is 0.452 e. The van der Waals surface area contributed by atoms with E-state index in [2.05, 4.69) is 10.3 Å². The summed E-state index contributed by atoms with van der Waals surface area (Å²) in [7, 11) is 0. The van der Waals surface area contributed by atoms with E-state index in [-0.39, 0.29) is 35.2 Å². The van der Waals surface area contributed by atoms with Gasteiger partial charge in [0.05, 0.1) is 28.0 Å². The van der Waals surface area contributed by atoms with Gasteiger partial charge >= 0.3 is 6.18 Å². The third-order valence-corrected chi connectivity index (χ3v) is 6.36. The number of fused-ring (bicyclic) bond motifs is 5. The Morgan fingerprint density at radius 2 is 1.90 bits per heavy atom. The van der Waals surface area contributed by atoms with Crippen LogP contribution in [0.15, 0.2) is 22.7 Å².